The van der Waals surface area contributed by atoms with Gasteiger partial charge in [0.2, 0.25) is 5.91 Å². The Hall–Kier alpha value is -1.62. The molecule has 0 aliphatic carbocycles. The zero-order valence-corrected chi connectivity index (χ0v) is 13.1. The van der Waals surface area contributed by atoms with Crippen LogP contribution in [-0.2, 0) is 11.3 Å². The predicted molar refractivity (Wildman–Crippen MR) is 86.3 cm³/mol. The van der Waals surface area contributed by atoms with E-state index in [4.69, 9.17) is 5.73 Å². The van der Waals surface area contributed by atoms with Crippen molar-refractivity contribution in [2.24, 2.45) is 11.7 Å². The van der Waals surface area contributed by atoms with Crippen LogP contribution in [0.1, 0.15) is 46.0 Å². The predicted octanol–water partition coefficient (Wildman–Crippen LogP) is 2.35. The van der Waals surface area contributed by atoms with Crippen molar-refractivity contribution in [1.82, 2.24) is 4.57 Å². The van der Waals surface area contributed by atoms with Gasteiger partial charge in [0.15, 0.2) is 0 Å². The van der Waals surface area contributed by atoms with Gasteiger partial charge in [0.05, 0.1) is 5.69 Å². The maximum atomic E-state index is 12.0. The molecule has 0 aromatic carbocycles. The maximum absolute atomic E-state index is 12.0. The number of hydrogen-bond donors (Lipinski definition) is 2. The summed E-state index contributed by atoms with van der Waals surface area (Å²) in [5, 5.41) is 2.85. The molecule has 0 fully saturated rings. The number of rotatable bonds is 9. The van der Waals surface area contributed by atoms with Gasteiger partial charge in [0, 0.05) is 25.2 Å². The number of nitrogens with one attached hydrogen (secondary N) is 1. The summed E-state index contributed by atoms with van der Waals surface area (Å²) in [7, 11) is 0. The van der Waals surface area contributed by atoms with Crippen LogP contribution in [-0.4, -0.2) is 17.0 Å². The van der Waals surface area contributed by atoms with Crippen LogP contribution < -0.4 is 16.6 Å². The fourth-order valence-electron chi connectivity index (χ4n) is 2.49. The minimum atomic E-state index is -0.0542. The van der Waals surface area contributed by atoms with E-state index in [-0.39, 0.29) is 11.5 Å². The number of nitrogens with two attached hydrogens (primary N) is 1. The highest BCUT2D eigenvalue weighted by Crippen LogP contribution is 2.17. The van der Waals surface area contributed by atoms with E-state index < -0.39 is 0 Å². The van der Waals surface area contributed by atoms with Gasteiger partial charge < -0.3 is 15.6 Å². The molecule has 0 bridgehead atoms. The summed E-state index contributed by atoms with van der Waals surface area (Å²) in [6.45, 7) is 5.32. The molecule has 0 aliphatic rings. The molecule has 0 radical (unpaired) electrons. The molecule has 1 amide bonds. The number of aryl methyl sites for hydroxylation is 1. The van der Waals surface area contributed by atoms with Gasteiger partial charge >= 0.3 is 0 Å². The molecule has 1 atom stereocenters. The van der Waals surface area contributed by atoms with E-state index in [0.717, 1.165) is 25.7 Å². The summed E-state index contributed by atoms with van der Waals surface area (Å²) in [5.41, 5.74) is 6.22. The van der Waals surface area contributed by atoms with Crippen LogP contribution in [0.3, 0.4) is 0 Å². The van der Waals surface area contributed by atoms with E-state index in [1.807, 2.05) is 6.92 Å². The van der Waals surface area contributed by atoms with Gasteiger partial charge in [-0.25, -0.2) is 0 Å². The number of carbonyl (C=O) groups excluding carboxylic acids is 1. The molecule has 5 nitrogen and oxygen atoms in total. The largest absolute Gasteiger partial charge is 0.330 e. The number of nitrogens with zero attached hydrogens (tertiary/aromatic N) is 1. The van der Waals surface area contributed by atoms with Gasteiger partial charge in [-0.2, -0.15) is 0 Å². The third-order valence-electron chi connectivity index (χ3n) is 3.66. The Labute approximate surface area is 126 Å². The third kappa shape index (κ3) is 6.12. The Bertz CT molecular complexity index is 491. The first-order chi connectivity index (χ1) is 10.1. The number of aromatic nitrogens is 1. The average Bonchev–Trinajstić information content (AvgIpc) is 2.47. The van der Waals surface area contributed by atoms with E-state index in [0.29, 0.717) is 31.1 Å². The van der Waals surface area contributed by atoms with Crippen LogP contribution in [0, 0.1) is 5.92 Å². The van der Waals surface area contributed by atoms with Gasteiger partial charge in [-0.3, -0.25) is 9.59 Å². The molecule has 3 N–H and O–H groups in total. The summed E-state index contributed by atoms with van der Waals surface area (Å²) in [6, 6.07) is 3.13. The highest BCUT2D eigenvalue weighted by molar-refractivity contribution is 5.90. The minimum Gasteiger partial charge on any atom is -0.330 e. The second-order valence-electron chi connectivity index (χ2n) is 5.36. The summed E-state index contributed by atoms with van der Waals surface area (Å²) < 4.78 is 1.57. The van der Waals surface area contributed by atoms with E-state index >= 15 is 0 Å². The maximum Gasteiger partial charge on any atom is 0.250 e. The molecular weight excluding hydrogens is 266 g/mol. The van der Waals surface area contributed by atoms with Crippen molar-refractivity contribution >= 4 is 11.6 Å². The molecule has 1 aromatic heterocycles. The molecule has 1 heterocycles. The van der Waals surface area contributed by atoms with Crippen LogP contribution in [0.25, 0.3) is 0 Å². The van der Waals surface area contributed by atoms with Gasteiger partial charge in [-0.05, 0) is 38.3 Å². The minimum absolute atomic E-state index is 0.00516. The first-order valence-electron chi connectivity index (χ1n) is 7.81. The Kier molecular flexibility index (Phi) is 7.75. The Morgan fingerprint density at radius 2 is 2.05 bits per heavy atom. The molecule has 0 saturated heterocycles. The zero-order valence-electron chi connectivity index (χ0n) is 13.1. The average molecular weight is 293 g/mol. The molecule has 0 saturated carbocycles. The lowest BCUT2D eigenvalue weighted by Crippen LogP contribution is -2.20. The molecule has 1 unspecified atom stereocenters. The van der Waals surface area contributed by atoms with Gasteiger partial charge in [0.1, 0.15) is 0 Å². The Morgan fingerprint density at radius 3 is 2.67 bits per heavy atom. The van der Waals surface area contributed by atoms with Crippen molar-refractivity contribution in [2.75, 3.05) is 11.9 Å². The second-order valence-corrected chi connectivity index (χ2v) is 5.36. The molecule has 118 valence electrons. The normalized spacial score (nSPS) is 12.1. The first-order valence-corrected chi connectivity index (χ1v) is 7.81. The molecule has 5 heteroatoms. The lowest BCUT2D eigenvalue weighted by molar-refractivity contribution is -0.116. The SMILES string of the molecule is CCCC(CCN)CCC(=O)Nc1ccc(=O)n(CC)c1. The first kappa shape index (κ1) is 17.4. The number of anilines is 1. The highest BCUT2D eigenvalue weighted by atomic mass is 16.1. The number of amides is 1. The number of carbonyl (C=O) groups is 1. The fourth-order valence-corrected chi connectivity index (χ4v) is 2.49. The fraction of sp³-hybridized carbons (Fsp3) is 0.625. The van der Waals surface area contributed by atoms with Crippen LogP contribution >= 0.6 is 0 Å². The summed E-state index contributed by atoms with van der Waals surface area (Å²) in [4.78, 5) is 23.5. The van der Waals surface area contributed by atoms with E-state index in [2.05, 4.69) is 12.2 Å². The third-order valence-corrected chi connectivity index (χ3v) is 3.66. The summed E-state index contributed by atoms with van der Waals surface area (Å²) >= 11 is 0. The van der Waals surface area contributed by atoms with Gasteiger partial charge in [-0.1, -0.05) is 19.8 Å². The quantitative estimate of drug-likeness (QED) is 0.733. The summed E-state index contributed by atoms with van der Waals surface area (Å²) in [6.07, 6.45) is 6.25. The van der Waals surface area contributed by atoms with E-state index in [1.165, 1.54) is 6.07 Å². The van der Waals surface area contributed by atoms with Gasteiger partial charge in [0.25, 0.3) is 5.56 Å². The Morgan fingerprint density at radius 1 is 1.29 bits per heavy atom. The van der Waals surface area contributed by atoms with Crippen molar-refractivity contribution in [3.05, 3.63) is 28.7 Å². The van der Waals surface area contributed by atoms with Crippen LogP contribution in [0.2, 0.25) is 0 Å². The molecule has 0 spiro atoms. The molecular formula is C16H27N3O2. The standard InChI is InChI=1S/C16H27N3O2/c1-3-5-13(10-11-17)6-8-15(20)18-14-7-9-16(21)19(4-2)12-14/h7,9,12-13H,3-6,8,10-11,17H2,1-2H3,(H,18,20). The number of pyridine rings is 1. The monoisotopic (exact) mass is 293 g/mol. The highest BCUT2D eigenvalue weighted by Gasteiger charge is 2.10. The van der Waals surface area contributed by atoms with Crippen molar-refractivity contribution < 1.29 is 4.79 Å². The number of hydrogen-bond acceptors (Lipinski definition) is 3. The lowest BCUT2D eigenvalue weighted by Gasteiger charge is -2.14. The van der Waals surface area contributed by atoms with Crippen molar-refractivity contribution in [3.8, 4) is 0 Å². The van der Waals surface area contributed by atoms with Crippen molar-refractivity contribution in [2.45, 2.75) is 52.5 Å². The van der Waals surface area contributed by atoms with E-state index in [1.54, 1.807) is 16.8 Å². The molecule has 21 heavy (non-hydrogen) atoms. The van der Waals surface area contributed by atoms with Crippen LogP contribution in [0.15, 0.2) is 23.1 Å². The van der Waals surface area contributed by atoms with Crippen molar-refractivity contribution in [3.63, 3.8) is 0 Å². The topological polar surface area (TPSA) is 77.1 Å². The smallest absolute Gasteiger partial charge is 0.250 e. The van der Waals surface area contributed by atoms with E-state index in [9.17, 15) is 9.59 Å². The molecule has 1 aromatic rings. The lowest BCUT2D eigenvalue weighted by atomic mass is 9.94. The second kappa shape index (κ2) is 9.34. The molecule has 0 aliphatic heterocycles. The zero-order chi connectivity index (χ0) is 15.7. The summed E-state index contributed by atoms with van der Waals surface area (Å²) in [5.74, 6) is 0.518. The Balaban J connectivity index is 2.51. The van der Waals surface area contributed by atoms with Crippen LogP contribution in [0.5, 0.6) is 0 Å². The molecule has 1 rings (SSSR count). The van der Waals surface area contributed by atoms with Crippen LogP contribution in [0.4, 0.5) is 5.69 Å². The van der Waals surface area contributed by atoms with Crippen molar-refractivity contribution in [1.29, 1.82) is 0 Å². The van der Waals surface area contributed by atoms with Gasteiger partial charge in [-0.15, -0.1) is 0 Å².